The van der Waals surface area contributed by atoms with E-state index in [9.17, 15) is 36.2 Å². The van der Waals surface area contributed by atoms with Crippen LogP contribution >= 0.6 is 0 Å². The Balaban J connectivity index is 0.00000260. The fourth-order valence-corrected chi connectivity index (χ4v) is 3.84. The van der Waals surface area contributed by atoms with Crippen molar-refractivity contribution in [1.29, 1.82) is 0 Å². The van der Waals surface area contributed by atoms with Gasteiger partial charge in [-0.25, -0.2) is 0 Å². The fraction of sp³-hybridized carbons (Fsp3) is 0.345. The topological polar surface area (TPSA) is 58.6 Å². The Morgan fingerprint density at radius 2 is 1.46 bits per heavy atom. The summed E-state index contributed by atoms with van der Waals surface area (Å²) in [5, 5.41) is 13.0. The van der Waals surface area contributed by atoms with Crippen LogP contribution in [0.1, 0.15) is 56.7 Å². The van der Waals surface area contributed by atoms with Gasteiger partial charge < -0.3 is 15.2 Å². The van der Waals surface area contributed by atoms with Crippen molar-refractivity contribution < 1.29 is 41.0 Å². The van der Waals surface area contributed by atoms with Crippen LogP contribution in [0, 0.1) is 5.92 Å². The van der Waals surface area contributed by atoms with Crippen molar-refractivity contribution in [3.63, 3.8) is 0 Å². The summed E-state index contributed by atoms with van der Waals surface area (Å²) in [6, 6.07) is 14.8. The molecule has 0 aliphatic carbocycles. The number of aliphatic carboxylic acids is 1. The van der Waals surface area contributed by atoms with E-state index in [4.69, 9.17) is 0 Å². The van der Waals surface area contributed by atoms with Crippen LogP contribution in [0.5, 0.6) is 5.75 Å². The number of carboxylic acids is 1. The summed E-state index contributed by atoms with van der Waals surface area (Å²) >= 11 is 0. The predicted octanol–water partition coefficient (Wildman–Crippen LogP) is 9.12. The van der Waals surface area contributed by atoms with Crippen molar-refractivity contribution in [2.24, 2.45) is 5.92 Å². The summed E-state index contributed by atoms with van der Waals surface area (Å²) in [5.74, 6) is -2.15. The highest BCUT2D eigenvalue weighted by Crippen LogP contribution is 2.34. The Kier molecular flexibility index (Phi) is 10.8. The van der Waals surface area contributed by atoms with E-state index in [1.54, 1.807) is 18.2 Å². The molecule has 0 aromatic heterocycles. The van der Waals surface area contributed by atoms with Crippen molar-refractivity contribution in [2.45, 2.75) is 59.1 Å². The van der Waals surface area contributed by atoms with Crippen LogP contribution < -0.4 is 10.1 Å². The second-order valence-electron chi connectivity index (χ2n) is 8.98. The van der Waals surface area contributed by atoms with E-state index in [0.29, 0.717) is 34.4 Å². The number of nitrogens with one attached hydrogen (secondary N) is 1. The van der Waals surface area contributed by atoms with Gasteiger partial charge in [-0.05, 0) is 71.0 Å². The smallest absolute Gasteiger partial charge is 0.481 e. The van der Waals surface area contributed by atoms with Crippen LogP contribution in [0.4, 0.5) is 32.0 Å². The predicted molar refractivity (Wildman–Crippen MR) is 139 cm³/mol. The van der Waals surface area contributed by atoms with E-state index in [2.05, 4.69) is 10.1 Å². The highest BCUT2D eigenvalue weighted by atomic mass is 19.4. The van der Waals surface area contributed by atoms with Crippen LogP contribution in [-0.2, 0) is 17.5 Å². The highest BCUT2D eigenvalue weighted by Gasteiger charge is 2.31. The number of alkyl halides is 6. The number of halogens is 6. The number of anilines is 1. The minimum atomic E-state index is -4.80. The summed E-state index contributed by atoms with van der Waals surface area (Å²) in [6.07, 6.45) is -8.93. The molecule has 3 aromatic carbocycles. The molecule has 3 aromatic rings. The van der Waals surface area contributed by atoms with Crippen LogP contribution in [0.2, 0.25) is 0 Å². The van der Waals surface area contributed by atoms with E-state index in [0.717, 1.165) is 12.1 Å². The van der Waals surface area contributed by atoms with E-state index < -0.39 is 30.0 Å². The lowest BCUT2D eigenvalue weighted by Crippen LogP contribution is -2.17. The van der Waals surface area contributed by atoms with Crippen molar-refractivity contribution in [1.82, 2.24) is 0 Å². The average Bonchev–Trinajstić information content (AvgIpc) is 2.86. The molecule has 0 aliphatic rings. The lowest BCUT2D eigenvalue weighted by atomic mass is 9.88. The minimum Gasteiger partial charge on any atom is -0.481 e. The Labute approximate surface area is 223 Å². The minimum absolute atomic E-state index is 0.0738. The molecule has 10 heteroatoms. The molecule has 2 N–H and O–H groups in total. The SMILES string of the molecule is CC.CC(C)C[C@@H](C(=O)O)c1cc(NCc2ccc(OC(F)(F)F)cc2)cc(-c2ccc(C(F)(F)F)cc2)c1. The van der Waals surface area contributed by atoms with Crippen molar-refractivity contribution in [3.8, 4) is 16.9 Å². The van der Waals surface area contributed by atoms with Crippen LogP contribution in [0.15, 0.2) is 66.7 Å². The number of carboxylic acid groups (broad SMARTS) is 1. The molecule has 0 saturated heterocycles. The van der Waals surface area contributed by atoms with E-state index in [1.165, 1.54) is 36.4 Å². The number of rotatable bonds is 9. The van der Waals surface area contributed by atoms with E-state index in [1.807, 2.05) is 27.7 Å². The molecular formula is C29H31F6NO3. The van der Waals surface area contributed by atoms with Gasteiger partial charge in [-0.2, -0.15) is 13.2 Å². The normalized spacial score (nSPS) is 12.4. The first-order valence-corrected chi connectivity index (χ1v) is 12.4. The van der Waals surface area contributed by atoms with Crippen LogP contribution in [0.3, 0.4) is 0 Å². The molecule has 4 nitrogen and oxygen atoms in total. The Morgan fingerprint density at radius 3 is 1.95 bits per heavy atom. The average molecular weight is 556 g/mol. The van der Waals surface area contributed by atoms with Gasteiger partial charge in [-0.15, -0.1) is 13.2 Å². The molecule has 1 atom stereocenters. The number of benzene rings is 3. The molecule has 212 valence electrons. The Hall–Kier alpha value is -3.69. The largest absolute Gasteiger partial charge is 0.573 e. The molecule has 0 bridgehead atoms. The zero-order chi connectivity index (χ0) is 29.4. The molecule has 39 heavy (non-hydrogen) atoms. The molecular weight excluding hydrogens is 524 g/mol. The number of ether oxygens (including phenoxy) is 1. The van der Waals surface area contributed by atoms with Gasteiger partial charge in [0.05, 0.1) is 11.5 Å². The molecule has 0 fully saturated rings. The summed E-state index contributed by atoms with van der Waals surface area (Å²) in [7, 11) is 0. The quantitative estimate of drug-likeness (QED) is 0.259. The monoisotopic (exact) mass is 555 g/mol. The molecule has 0 amide bonds. The third kappa shape index (κ3) is 9.85. The maximum atomic E-state index is 13.0. The number of carbonyl (C=O) groups is 1. The Morgan fingerprint density at radius 1 is 0.872 bits per heavy atom. The standard InChI is InChI=1S/C27H25F6NO3.C2H6/c1-16(2)11-24(25(35)36)20-12-19(18-5-7-21(8-6-18)26(28,29)30)13-22(14-20)34-15-17-3-9-23(10-4-17)37-27(31,32)33;1-2/h3-10,12-14,16,24,34H,11,15H2,1-2H3,(H,35,36);1-2H3/t24-;/m1./s1. The summed E-state index contributed by atoms with van der Waals surface area (Å²) in [4.78, 5) is 12.0. The van der Waals surface area contributed by atoms with Crippen molar-refractivity contribution in [3.05, 3.63) is 83.4 Å². The number of hydrogen-bond donors (Lipinski definition) is 2. The second-order valence-corrected chi connectivity index (χ2v) is 8.98. The van der Waals surface area contributed by atoms with Gasteiger partial charge in [0.15, 0.2) is 0 Å². The van der Waals surface area contributed by atoms with Crippen molar-refractivity contribution in [2.75, 3.05) is 5.32 Å². The Bertz CT molecular complexity index is 1200. The maximum Gasteiger partial charge on any atom is 0.573 e. The molecule has 0 saturated carbocycles. The van der Waals surface area contributed by atoms with E-state index >= 15 is 0 Å². The first-order valence-electron chi connectivity index (χ1n) is 12.4. The zero-order valence-electron chi connectivity index (χ0n) is 22.0. The van der Waals surface area contributed by atoms with Gasteiger partial charge in [0.1, 0.15) is 5.75 Å². The van der Waals surface area contributed by atoms with Crippen LogP contribution in [0.25, 0.3) is 11.1 Å². The molecule has 0 unspecified atom stereocenters. The first-order chi connectivity index (χ1) is 18.2. The molecule has 0 radical (unpaired) electrons. The third-order valence-corrected chi connectivity index (χ3v) is 5.56. The summed E-state index contributed by atoms with van der Waals surface area (Å²) in [6.45, 7) is 7.98. The highest BCUT2D eigenvalue weighted by molar-refractivity contribution is 5.79. The maximum absolute atomic E-state index is 13.0. The fourth-order valence-electron chi connectivity index (χ4n) is 3.84. The summed E-state index contributed by atoms with van der Waals surface area (Å²) < 4.78 is 80.0. The lowest BCUT2D eigenvalue weighted by Gasteiger charge is -2.19. The van der Waals surface area contributed by atoms with Gasteiger partial charge >= 0.3 is 18.5 Å². The first kappa shape index (κ1) is 31.5. The van der Waals surface area contributed by atoms with Crippen LogP contribution in [-0.4, -0.2) is 17.4 Å². The lowest BCUT2D eigenvalue weighted by molar-refractivity contribution is -0.274. The molecule has 0 spiro atoms. The third-order valence-electron chi connectivity index (χ3n) is 5.56. The summed E-state index contributed by atoms with van der Waals surface area (Å²) in [5.41, 5.74) is 1.82. The molecule has 3 rings (SSSR count). The zero-order valence-corrected chi connectivity index (χ0v) is 22.0. The van der Waals surface area contributed by atoms with Gasteiger partial charge in [-0.3, -0.25) is 4.79 Å². The second kappa shape index (κ2) is 13.4. The molecule has 0 aliphatic heterocycles. The van der Waals surface area contributed by atoms with Gasteiger partial charge in [0.2, 0.25) is 0 Å². The van der Waals surface area contributed by atoms with Gasteiger partial charge in [0.25, 0.3) is 0 Å². The van der Waals surface area contributed by atoms with Gasteiger partial charge in [0, 0.05) is 12.2 Å². The number of hydrogen-bond acceptors (Lipinski definition) is 3. The molecule has 0 heterocycles. The van der Waals surface area contributed by atoms with Crippen molar-refractivity contribution >= 4 is 11.7 Å². The van der Waals surface area contributed by atoms with E-state index in [-0.39, 0.29) is 18.2 Å². The van der Waals surface area contributed by atoms with Gasteiger partial charge in [-0.1, -0.05) is 58.0 Å².